The first-order valence-electron chi connectivity index (χ1n) is 5.45. The second-order valence-electron chi connectivity index (χ2n) is 3.97. The average Bonchev–Trinajstić information content (AvgIpc) is 2.77. The van der Waals surface area contributed by atoms with Crippen LogP contribution in [0.5, 0.6) is 0 Å². The monoisotopic (exact) mass is 264 g/mol. The number of nitrogen functional groups attached to an aromatic ring is 1. The summed E-state index contributed by atoms with van der Waals surface area (Å²) < 4.78 is 6.90. The van der Waals surface area contributed by atoms with E-state index in [2.05, 4.69) is 15.0 Å². The fourth-order valence-electron chi connectivity index (χ4n) is 1.75. The summed E-state index contributed by atoms with van der Waals surface area (Å²) in [6, 6.07) is 0. The molecule has 2 heterocycles. The molecule has 0 radical (unpaired) electrons. The normalized spacial score (nSPS) is 21.9. The molecule has 100 valence electrons. The molecule has 1 aliphatic rings. The summed E-state index contributed by atoms with van der Waals surface area (Å²) in [6.07, 6.45) is 1.62. The Kier molecular flexibility index (Phi) is 3.52. The van der Waals surface area contributed by atoms with Gasteiger partial charge in [-0.25, -0.2) is 0 Å². The molecular weight excluding hydrogens is 252 g/mol. The Morgan fingerprint density at radius 3 is 3.11 bits per heavy atom. The molecule has 9 nitrogen and oxygen atoms in total. The highest BCUT2D eigenvalue weighted by molar-refractivity contribution is 5.24. The molecule has 1 aliphatic heterocycles. The topological polar surface area (TPSA) is 139 Å². The third-order valence-electron chi connectivity index (χ3n) is 2.70. The van der Waals surface area contributed by atoms with Crippen molar-refractivity contribution in [3.05, 3.63) is 44.3 Å². The van der Waals surface area contributed by atoms with Crippen LogP contribution in [0.2, 0.25) is 0 Å². The maximum atomic E-state index is 11.3. The van der Waals surface area contributed by atoms with Crippen molar-refractivity contribution in [3.63, 3.8) is 0 Å². The zero-order chi connectivity index (χ0) is 14.0. The third-order valence-corrected chi connectivity index (χ3v) is 2.70. The van der Waals surface area contributed by atoms with Crippen molar-refractivity contribution in [2.75, 3.05) is 12.3 Å². The number of aromatic nitrogens is 2. The van der Waals surface area contributed by atoms with Crippen LogP contribution < -0.4 is 11.3 Å². The minimum atomic E-state index is -0.722. The van der Waals surface area contributed by atoms with E-state index in [1.165, 1.54) is 16.8 Å². The van der Waals surface area contributed by atoms with E-state index < -0.39 is 17.9 Å². The maximum Gasteiger partial charge on any atom is 0.277 e. The van der Waals surface area contributed by atoms with Gasteiger partial charge >= 0.3 is 0 Å². The van der Waals surface area contributed by atoms with E-state index in [1.807, 2.05) is 0 Å². The van der Waals surface area contributed by atoms with Crippen LogP contribution in [0.1, 0.15) is 11.8 Å². The Hall–Kier alpha value is -2.35. The summed E-state index contributed by atoms with van der Waals surface area (Å²) in [5.74, 6) is -0.0178. The third kappa shape index (κ3) is 2.43. The molecule has 0 aliphatic carbocycles. The van der Waals surface area contributed by atoms with Gasteiger partial charge in [-0.1, -0.05) is 5.11 Å². The standard InChI is InChI=1S/C10H12N6O3/c1-5-3-16(10(11)13-9(5)18)8-2-6(14-15-12)7(4-17)19-8/h2-3,7-8,17H,4H2,1H3,(H2,11,13,18). The molecule has 9 heteroatoms. The predicted molar refractivity (Wildman–Crippen MR) is 65.9 cm³/mol. The molecule has 0 fully saturated rings. The maximum absolute atomic E-state index is 11.3. The van der Waals surface area contributed by atoms with Gasteiger partial charge in [0.25, 0.3) is 5.56 Å². The molecule has 0 amide bonds. The van der Waals surface area contributed by atoms with Gasteiger partial charge in [0.1, 0.15) is 6.10 Å². The van der Waals surface area contributed by atoms with Crippen molar-refractivity contribution in [2.24, 2.45) is 5.11 Å². The summed E-state index contributed by atoms with van der Waals surface area (Å²) in [4.78, 5) is 17.6. The Bertz CT molecular complexity index is 631. The number of rotatable bonds is 3. The number of hydrogen-bond donors (Lipinski definition) is 2. The minimum Gasteiger partial charge on any atom is -0.393 e. The summed E-state index contributed by atoms with van der Waals surface area (Å²) in [6.45, 7) is 1.27. The first-order chi connectivity index (χ1) is 9.06. The molecular formula is C10H12N6O3. The van der Waals surface area contributed by atoms with E-state index in [0.717, 1.165) is 0 Å². The molecule has 0 bridgehead atoms. The van der Waals surface area contributed by atoms with E-state index >= 15 is 0 Å². The van der Waals surface area contributed by atoms with E-state index in [-0.39, 0.29) is 18.3 Å². The molecule has 0 saturated heterocycles. The number of aryl methyl sites for hydroxylation is 1. The molecule has 0 saturated carbocycles. The predicted octanol–water partition coefficient (Wildman–Crippen LogP) is 0.218. The second-order valence-corrected chi connectivity index (χ2v) is 3.97. The number of ether oxygens (including phenoxy) is 1. The number of hydrogen-bond acceptors (Lipinski definition) is 6. The quantitative estimate of drug-likeness (QED) is 0.456. The molecule has 2 unspecified atom stereocenters. The molecule has 0 spiro atoms. The molecule has 19 heavy (non-hydrogen) atoms. The van der Waals surface area contributed by atoms with Crippen LogP contribution in [0.3, 0.4) is 0 Å². The van der Waals surface area contributed by atoms with Crippen LogP contribution in [0.15, 0.2) is 27.9 Å². The number of nitrogens with zero attached hydrogens (tertiary/aromatic N) is 5. The second kappa shape index (κ2) is 5.11. The molecule has 0 aromatic carbocycles. The fraction of sp³-hybridized carbons (Fsp3) is 0.400. The molecule has 1 aromatic rings. The van der Waals surface area contributed by atoms with E-state index in [1.54, 1.807) is 6.92 Å². The molecule has 1 aromatic heterocycles. The lowest BCUT2D eigenvalue weighted by Gasteiger charge is -2.17. The first kappa shape index (κ1) is 13.1. The number of anilines is 1. The van der Waals surface area contributed by atoms with Crippen LogP contribution in [0, 0.1) is 6.92 Å². The van der Waals surface area contributed by atoms with Crippen LogP contribution in [0.25, 0.3) is 10.4 Å². The summed E-state index contributed by atoms with van der Waals surface area (Å²) in [7, 11) is 0. The zero-order valence-corrected chi connectivity index (χ0v) is 10.1. The van der Waals surface area contributed by atoms with Crippen molar-refractivity contribution in [1.29, 1.82) is 0 Å². The van der Waals surface area contributed by atoms with E-state index in [4.69, 9.17) is 21.1 Å². The van der Waals surface area contributed by atoms with Gasteiger partial charge in [0.2, 0.25) is 5.95 Å². The van der Waals surface area contributed by atoms with Gasteiger partial charge in [0, 0.05) is 22.4 Å². The minimum absolute atomic E-state index is 0.0178. The van der Waals surface area contributed by atoms with Crippen molar-refractivity contribution in [1.82, 2.24) is 9.55 Å². The van der Waals surface area contributed by atoms with Gasteiger partial charge in [0.05, 0.1) is 6.61 Å². The smallest absolute Gasteiger partial charge is 0.277 e. The lowest BCUT2D eigenvalue weighted by atomic mass is 10.3. The summed E-state index contributed by atoms with van der Waals surface area (Å²) in [5.41, 5.74) is 14.3. The van der Waals surface area contributed by atoms with Gasteiger partial charge in [-0.2, -0.15) is 4.98 Å². The highest BCUT2D eigenvalue weighted by Crippen LogP contribution is 2.28. The highest BCUT2D eigenvalue weighted by atomic mass is 16.5. The van der Waals surface area contributed by atoms with E-state index in [0.29, 0.717) is 5.56 Å². The van der Waals surface area contributed by atoms with Crippen LogP contribution in [-0.4, -0.2) is 27.4 Å². The largest absolute Gasteiger partial charge is 0.393 e. The highest BCUT2D eigenvalue weighted by Gasteiger charge is 2.27. The lowest BCUT2D eigenvalue weighted by Crippen LogP contribution is -2.23. The van der Waals surface area contributed by atoms with Gasteiger partial charge in [-0.3, -0.25) is 9.36 Å². The van der Waals surface area contributed by atoms with Gasteiger partial charge in [-0.15, -0.1) is 0 Å². The van der Waals surface area contributed by atoms with E-state index in [9.17, 15) is 4.79 Å². The Labute approximate surface area is 107 Å². The number of nitrogens with two attached hydrogens (primary N) is 1. The Morgan fingerprint density at radius 2 is 2.47 bits per heavy atom. The van der Waals surface area contributed by atoms with Crippen LogP contribution in [-0.2, 0) is 4.74 Å². The van der Waals surface area contributed by atoms with Gasteiger partial charge in [0.15, 0.2) is 6.23 Å². The SMILES string of the molecule is Cc1cn(C2C=C(N=[N+]=[N-])C(CO)O2)c(N)nc1=O. The molecule has 2 rings (SSSR count). The van der Waals surface area contributed by atoms with Crippen LogP contribution >= 0.6 is 0 Å². The molecule has 3 N–H and O–H groups in total. The zero-order valence-electron chi connectivity index (χ0n) is 10.1. The average molecular weight is 264 g/mol. The molecule has 2 atom stereocenters. The van der Waals surface area contributed by atoms with Crippen molar-refractivity contribution in [3.8, 4) is 0 Å². The van der Waals surface area contributed by atoms with Crippen molar-refractivity contribution < 1.29 is 9.84 Å². The lowest BCUT2D eigenvalue weighted by molar-refractivity contribution is -0.0116. The summed E-state index contributed by atoms with van der Waals surface area (Å²) >= 11 is 0. The van der Waals surface area contributed by atoms with Gasteiger partial charge in [-0.05, 0) is 18.5 Å². The number of aliphatic hydroxyl groups excluding tert-OH is 1. The Balaban J connectivity index is 2.42. The fourth-order valence-corrected chi connectivity index (χ4v) is 1.75. The van der Waals surface area contributed by atoms with Crippen molar-refractivity contribution in [2.45, 2.75) is 19.3 Å². The summed E-state index contributed by atoms with van der Waals surface area (Å²) in [5, 5.41) is 12.6. The first-order valence-corrected chi connectivity index (χ1v) is 5.45. The number of azide groups is 1. The van der Waals surface area contributed by atoms with Gasteiger partial charge < -0.3 is 15.6 Å². The van der Waals surface area contributed by atoms with Crippen molar-refractivity contribution >= 4 is 5.95 Å². The number of aliphatic hydroxyl groups is 1. The van der Waals surface area contributed by atoms with Crippen LogP contribution in [0.4, 0.5) is 5.95 Å². The Morgan fingerprint density at radius 1 is 1.74 bits per heavy atom.